The summed E-state index contributed by atoms with van der Waals surface area (Å²) in [4.78, 5) is 54.0. The van der Waals surface area contributed by atoms with Gasteiger partial charge >= 0.3 is 5.97 Å². The number of tetrazole rings is 1. The van der Waals surface area contributed by atoms with Gasteiger partial charge < -0.3 is 25.5 Å². The van der Waals surface area contributed by atoms with Crippen LogP contribution in [0, 0.1) is 0 Å². The molecule has 1 atom stereocenters. The van der Waals surface area contributed by atoms with Crippen LogP contribution < -0.4 is 10.6 Å². The molecule has 2 heterocycles. The summed E-state index contributed by atoms with van der Waals surface area (Å²) in [5.41, 5.74) is 1.49. The molecule has 1 aliphatic rings. The van der Waals surface area contributed by atoms with Crippen molar-refractivity contribution in [2.45, 2.75) is 12.5 Å². The second kappa shape index (κ2) is 13.0. The highest BCUT2D eigenvalue weighted by Gasteiger charge is 2.27. The Labute approximate surface area is 234 Å². The Kier molecular flexibility index (Phi) is 9.19. The van der Waals surface area contributed by atoms with Gasteiger partial charge in [0.1, 0.15) is 12.4 Å². The molecule has 1 aromatic heterocycles. The number of likely N-dealkylation sites (N-methyl/N-ethyl adjacent to an activating group) is 1. The fourth-order valence-corrected chi connectivity index (χ4v) is 4.20. The average molecular weight is 567 g/mol. The van der Waals surface area contributed by atoms with Gasteiger partial charge in [-0.1, -0.05) is 11.6 Å². The molecule has 13 nitrogen and oxygen atoms in total. The average Bonchev–Trinajstić information content (AvgIpc) is 3.47. The number of aromatic carboxylic acids is 1. The van der Waals surface area contributed by atoms with E-state index in [0.29, 0.717) is 48.1 Å². The molecule has 14 heteroatoms. The number of carbonyl (C=O) groups excluding carboxylic acids is 3. The minimum absolute atomic E-state index is 0.0558. The minimum Gasteiger partial charge on any atom is -0.478 e. The van der Waals surface area contributed by atoms with E-state index in [4.69, 9.17) is 16.7 Å². The maximum absolute atomic E-state index is 13.2. The second-order valence-corrected chi connectivity index (χ2v) is 9.55. The molecule has 4 rings (SSSR count). The highest BCUT2D eigenvalue weighted by molar-refractivity contribution is 6.30. The molecular weight excluding hydrogens is 540 g/mol. The van der Waals surface area contributed by atoms with Crippen LogP contribution in [-0.4, -0.2) is 98.1 Å². The zero-order valence-corrected chi connectivity index (χ0v) is 22.3. The van der Waals surface area contributed by atoms with Crippen molar-refractivity contribution in [1.82, 2.24) is 35.3 Å². The third kappa shape index (κ3) is 7.48. The molecule has 0 aliphatic carbocycles. The highest BCUT2D eigenvalue weighted by atomic mass is 35.5. The molecule has 1 saturated heterocycles. The number of piperazine rings is 1. The smallest absolute Gasteiger partial charge is 0.335 e. The molecule has 3 N–H and O–H groups in total. The highest BCUT2D eigenvalue weighted by Crippen LogP contribution is 2.20. The SMILES string of the molecule is CN1CCN(C(=O)CC(NC(=O)C=Cc2cc(Cl)ccc2-n2cnnn2)C(=O)Nc2ccc(C(=O)O)cc2)CC1. The Morgan fingerprint density at radius 1 is 1.07 bits per heavy atom. The summed E-state index contributed by atoms with van der Waals surface area (Å²) < 4.78 is 1.41. The zero-order chi connectivity index (χ0) is 28.6. The number of amides is 3. The number of hydrogen-bond donors (Lipinski definition) is 3. The van der Waals surface area contributed by atoms with Gasteiger partial charge in [0.15, 0.2) is 0 Å². The predicted octanol–water partition coefficient (Wildman–Crippen LogP) is 1.31. The number of aromatic nitrogens is 4. The third-order valence-corrected chi connectivity index (χ3v) is 6.50. The normalized spacial score (nSPS) is 14.6. The molecule has 0 saturated carbocycles. The maximum Gasteiger partial charge on any atom is 0.335 e. The molecule has 1 aliphatic heterocycles. The zero-order valence-electron chi connectivity index (χ0n) is 21.5. The van der Waals surface area contributed by atoms with E-state index < -0.39 is 23.8 Å². The van der Waals surface area contributed by atoms with E-state index in [-0.39, 0.29) is 17.9 Å². The van der Waals surface area contributed by atoms with Gasteiger partial charge in [-0.3, -0.25) is 14.4 Å². The van der Waals surface area contributed by atoms with Gasteiger partial charge in [-0.2, -0.15) is 4.68 Å². The van der Waals surface area contributed by atoms with Crippen molar-refractivity contribution in [3.05, 3.63) is 71.0 Å². The summed E-state index contributed by atoms with van der Waals surface area (Å²) in [6, 6.07) is 9.34. The number of benzene rings is 2. The monoisotopic (exact) mass is 566 g/mol. The van der Waals surface area contributed by atoms with Crippen LogP contribution in [-0.2, 0) is 14.4 Å². The van der Waals surface area contributed by atoms with Crippen LogP contribution in [0.15, 0.2) is 54.9 Å². The van der Waals surface area contributed by atoms with Crippen LogP contribution in [0.2, 0.25) is 5.02 Å². The van der Waals surface area contributed by atoms with Gasteiger partial charge in [-0.05, 0) is 66.0 Å². The lowest BCUT2D eigenvalue weighted by Gasteiger charge is -2.33. The van der Waals surface area contributed by atoms with Gasteiger partial charge in [0.25, 0.3) is 0 Å². The Morgan fingerprint density at radius 3 is 2.45 bits per heavy atom. The van der Waals surface area contributed by atoms with Crippen LogP contribution in [0.4, 0.5) is 5.69 Å². The number of halogens is 1. The molecule has 0 bridgehead atoms. The van der Waals surface area contributed by atoms with Crippen molar-refractivity contribution in [3.8, 4) is 5.69 Å². The number of nitrogens with one attached hydrogen (secondary N) is 2. The Balaban J connectivity index is 1.50. The Morgan fingerprint density at radius 2 is 1.80 bits per heavy atom. The standard InChI is InChI=1S/C26H27ClN8O5/c1-33-10-12-34(13-11-33)24(37)15-21(25(38)29-20-6-2-17(3-7-20)26(39)40)30-23(36)9-4-18-14-19(27)5-8-22(18)35-16-28-31-32-35/h2-9,14,16,21H,10-13,15H2,1H3,(H,29,38)(H,30,36)(H,39,40). The number of nitrogens with zero attached hydrogens (tertiary/aromatic N) is 6. The first-order chi connectivity index (χ1) is 19.2. The quantitative estimate of drug-likeness (QED) is 0.324. The topological polar surface area (TPSA) is 163 Å². The molecule has 0 radical (unpaired) electrons. The summed E-state index contributed by atoms with van der Waals surface area (Å²) in [6.07, 6.45) is 3.87. The maximum atomic E-state index is 13.2. The van der Waals surface area contributed by atoms with Crippen molar-refractivity contribution < 1.29 is 24.3 Å². The van der Waals surface area contributed by atoms with Crippen molar-refractivity contribution in [1.29, 1.82) is 0 Å². The molecule has 3 aromatic rings. The molecule has 1 unspecified atom stereocenters. The van der Waals surface area contributed by atoms with Gasteiger partial charge in [-0.25, -0.2) is 4.79 Å². The summed E-state index contributed by atoms with van der Waals surface area (Å²) >= 11 is 6.14. The number of carboxylic acid groups (broad SMARTS) is 1. The van der Waals surface area contributed by atoms with Crippen molar-refractivity contribution >= 4 is 47.1 Å². The molecular formula is C26H27ClN8O5. The number of anilines is 1. The van der Waals surface area contributed by atoms with Gasteiger partial charge in [-0.15, -0.1) is 5.10 Å². The first kappa shape index (κ1) is 28.4. The third-order valence-electron chi connectivity index (χ3n) is 6.27. The molecule has 3 amide bonds. The molecule has 1 fully saturated rings. The first-order valence-corrected chi connectivity index (χ1v) is 12.7. The summed E-state index contributed by atoms with van der Waals surface area (Å²) in [5.74, 6) is -2.61. The van der Waals surface area contributed by atoms with E-state index in [0.717, 1.165) is 0 Å². The van der Waals surface area contributed by atoms with E-state index in [1.54, 1.807) is 23.1 Å². The second-order valence-electron chi connectivity index (χ2n) is 9.11. The van der Waals surface area contributed by atoms with Crippen molar-refractivity contribution in [2.24, 2.45) is 0 Å². The summed E-state index contributed by atoms with van der Waals surface area (Å²) in [7, 11) is 1.96. The molecule has 40 heavy (non-hydrogen) atoms. The predicted molar refractivity (Wildman–Crippen MR) is 146 cm³/mol. The summed E-state index contributed by atoms with van der Waals surface area (Å²) in [6.45, 7) is 2.44. The van der Waals surface area contributed by atoms with Gasteiger partial charge in [0, 0.05) is 48.5 Å². The molecule has 2 aromatic carbocycles. The number of carbonyl (C=O) groups is 4. The van der Waals surface area contributed by atoms with E-state index in [9.17, 15) is 19.2 Å². The largest absolute Gasteiger partial charge is 0.478 e. The summed E-state index contributed by atoms with van der Waals surface area (Å²) in [5, 5.41) is 25.9. The van der Waals surface area contributed by atoms with Gasteiger partial charge in [0.2, 0.25) is 17.7 Å². The fraction of sp³-hybridized carbons (Fsp3) is 0.269. The van der Waals surface area contributed by atoms with Crippen LogP contribution in [0.1, 0.15) is 22.3 Å². The minimum atomic E-state index is -1.19. The Bertz CT molecular complexity index is 1400. The lowest BCUT2D eigenvalue weighted by atomic mass is 10.1. The van der Waals surface area contributed by atoms with Crippen LogP contribution in [0.3, 0.4) is 0 Å². The molecule has 0 spiro atoms. The van der Waals surface area contributed by atoms with Gasteiger partial charge in [0.05, 0.1) is 17.7 Å². The van der Waals surface area contributed by atoms with E-state index in [2.05, 4.69) is 31.1 Å². The number of hydrogen-bond acceptors (Lipinski definition) is 8. The first-order valence-electron chi connectivity index (χ1n) is 12.3. The van der Waals surface area contributed by atoms with E-state index >= 15 is 0 Å². The van der Waals surface area contributed by atoms with Crippen LogP contribution in [0.25, 0.3) is 11.8 Å². The fourth-order valence-electron chi connectivity index (χ4n) is 4.02. The lowest BCUT2D eigenvalue weighted by molar-refractivity contribution is -0.135. The van der Waals surface area contributed by atoms with Crippen LogP contribution >= 0.6 is 11.6 Å². The number of rotatable bonds is 9. The van der Waals surface area contributed by atoms with Crippen LogP contribution in [0.5, 0.6) is 0 Å². The van der Waals surface area contributed by atoms with E-state index in [1.807, 2.05) is 7.05 Å². The Hall–Kier alpha value is -4.62. The van der Waals surface area contributed by atoms with Crippen molar-refractivity contribution in [2.75, 3.05) is 38.5 Å². The van der Waals surface area contributed by atoms with E-state index in [1.165, 1.54) is 47.4 Å². The number of carboxylic acids is 1. The lowest BCUT2D eigenvalue weighted by Crippen LogP contribution is -2.51. The van der Waals surface area contributed by atoms with Crippen molar-refractivity contribution in [3.63, 3.8) is 0 Å². The molecule has 208 valence electrons.